The van der Waals surface area contributed by atoms with Crippen molar-refractivity contribution in [1.29, 1.82) is 0 Å². The molecule has 0 bridgehead atoms. The van der Waals surface area contributed by atoms with Crippen LogP contribution in [0.3, 0.4) is 0 Å². The van der Waals surface area contributed by atoms with E-state index in [1.54, 1.807) is 6.07 Å². The van der Waals surface area contributed by atoms with Gasteiger partial charge in [0.15, 0.2) is 0 Å². The lowest BCUT2D eigenvalue weighted by Gasteiger charge is -2.02. The fourth-order valence-electron chi connectivity index (χ4n) is 0.913. The molecule has 1 rings (SSSR count). The van der Waals surface area contributed by atoms with Crippen molar-refractivity contribution in [2.45, 2.75) is 13.3 Å². The van der Waals surface area contributed by atoms with Crippen molar-refractivity contribution < 1.29 is 9.53 Å². The highest BCUT2D eigenvalue weighted by Gasteiger charge is 2.00. The molecule has 0 fully saturated rings. The van der Waals surface area contributed by atoms with Gasteiger partial charge >= 0.3 is 5.97 Å². The average molecular weight is 198 g/mol. The molecule has 13 heavy (non-hydrogen) atoms. The molecule has 0 aliphatic rings. The molecular formula is C10H10ClO2. The highest BCUT2D eigenvalue weighted by molar-refractivity contribution is 6.31. The Hall–Kier alpha value is -1.02. The topological polar surface area (TPSA) is 26.3 Å². The van der Waals surface area contributed by atoms with Crippen LogP contribution in [0.15, 0.2) is 24.3 Å². The molecule has 1 radical (unpaired) electrons. The molecule has 0 aliphatic heterocycles. The molecule has 0 amide bonds. The summed E-state index contributed by atoms with van der Waals surface area (Å²) in [7, 11) is 0. The number of ether oxygens (including phenoxy) is 1. The van der Waals surface area contributed by atoms with Gasteiger partial charge in [0, 0.05) is 18.4 Å². The van der Waals surface area contributed by atoms with Crippen LogP contribution in [-0.2, 0) is 16.0 Å². The molecule has 0 N–H and O–H groups in total. The number of halogens is 1. The van der Waals surface area contributed by atoms with Gasteiger partial charge in [-0.15, -0.1) is 0 Å². The van der Waals surface area contributed by atoms with Gasteiger partial charge in [0.25, 0.3) is 0 Å². The van der Waals surface area contributed by atoms with Crippen LogP contribution in [0.4, 0.5) is 0 Å². The maximum atomic E-state index is 10.4. The summed E-state index contributed by atoms with van der Waals surface area (Å²) in [5.41, 5.74) is 0.949. The van der Waals surface area contributed by atoms with E-state index in [9.17, 15) is 4.79 Å². The maximum absolute atomic E-state index is 10.4. The number of carbonyl (C=O) groups is 1. The van der Waals surface area contributed by atoms with Crippen LogP contribution in [-0.4, -0.2) is 5.97 Å². The van der Waals surface area contributed by atoms with Gasteiger partial charge in [-0.05, 0) is 11.6 Å². The summed E-state index contributed by atoms with van der Waals surface area (Å²) in [6.07, 6.45) is 0.541. The number of rotatable bonds is 3. The average Bonchev–Trinajstić information content (AvgIpc) is 2.08. The highest BCUT2D eigenvalue weighted by Crippen LogP contribution is 2.16. The molecule has 0 atom stereocenters. The highest BCUT2D eigenvalue weighted by atomic mass is 35.5. The number of carbonyl (C=O) groups excluding carboxylic acids is 1. The van der Waals surface area contributed by atoms with E-state index in [-0.39, 0.29) is 5.97 Å². The van der Waals surface area contributed by atoms with E-state index in [0.717, 1.165) is 5.56 Å². The van der Waals surface area contributed by atoms with E-state index in [4.69, 9.17) is 11.6 Å². The van der Waals surface area contributed by atoms with Gasteiger partial charge < -0.3 is 4.74 Å². The van der Waals surface area contributed by atoms with Crippen molar-refractivity contribution in [3.05, 3.63) is 41.5 Å². The zero-order valence-corrected chi connectivity index (χ0v) is 8.04. The predicted molar refractivity (Wildman–Crippen MR) is 51.2 cm³/mol. The Bertz CT molecular complexity index is 297. The molecule has 1 aromatic rings. The molecule has 0 aliphatic carbocycles. The minimum absolute atomic E-state index is 0.313. The Balaban J connectivity index is 2.45. The molecule has 1 aromatic carbocycles. The van der Waals surface area contributed by atoms with Gasteiger partial charge in [-0.2, -0.15) is 0 Å². The molecule has 2 nitrogen and oxygen atoms in total. The third kappa shape index (κ3) is 3.47. The Morgan fingerprint density at radius 3 is 2.85 bits per heavy atom. The van der Waals surface area contributed by atoms with E-state index in [1.807, 2.05) is 18.2 Å². The second kappa shape index (κ2) is 4.87. The Labute approximate surface area is 82.5 Å². The van der Waals surface area contributed by atoms with Crippen molar-refractivity contribution in [2.24, 2.45) is 0 Å². The number of esters is 1. The number of hydrogen-bond acceptors (Lipinski definition) is 2. The smallest absolute Gasteiger partial charge is 0.303 e. The van der Waals surface area contributed by atoms with E-state index in [1.165, 1.54) is 13.5 Å². The van der Waals surface area contributed by atoms with E-state index in [0.29, 0.717) is 11.4 Å². The second-order valence-corrected chi connectivity index (χ2v) is 2.98. The summed E-state index contributed by atoms with van der Waals surface area (Å²) < 4.78 is 4.68. The van der Waals surface area contributed by atoms with Crippen molar-refractivity contribution in [1.82, 2.24) is 0 Å². The fourth-order valence-corrected chi connectivity index (χ4v) is 1.13. The second-order valence-electron chi connectivity index (χ2n) is 2.57. The molecule has 69 valence electrons. The van der Waals surface area contributed by atoms with Crippen LogP contribution in [0.2, 0.25) is 5.02 Å². The van der Waals surface area contributed by atoms with Gasteiger partial charge in [0.2, 0.25) is 0 Å². The molecule has 0 saturated heterocycles. The van der Waals surface area contributed by atoms with Crippen molar-refractivity contribution in [3.63, 3.8) is 0 Å². The monoisotopic (exact) mass is 197 g/mol. The number of benzene rings is 1. The maximum Gasteiger partial charge on any atom is 0.303 e. The molecule has 0 heterocycles. The lowest BCUT2D eigenvalue weighted by atomic mass is 10.2. The SMILES string of the molecule is CC(=O)O[CH]Cc1ccccc1Cl. The van der Waals surface area contributed by atoms with Crippen molar-refractivity contribution >= 4 is 17.6 Å². The molecule has 3 heteroatoms. The summed E-state index contributed by atoms with van der Waals surface area (Å²) in [5.74, 6) is -0.313. The molecule has 0 aromatic heterocycles. The van der Waals surface area contributed by atoms with Gasteiger partial charge in [-0.25, -0.2) is 0 Å². The molecule has 0 unspecified atom stereocenters. The van der Waals surface area contributed by atoms with Crippen LogP contribution >= 0.6 is 11.6 Å². The van der Waals surface area contributed by atoms with Crippen LogP contribution in [0.25, 0.3) is 0 Å². The summed E-state index contributed by atoms with van der Waals surface area (Å²) >= 11 is 5.88. The van der Waals surface area contributed by atoms with Gasteiger partial charge in [-0.3, -0.25) is 4.79 Å². The van der Waals surface area contributed by atoms with Gasteiger partial charge in [-0.1, -0.05) is 29.8 Å². The lowest BCUT2D eigenvalue weighted by Crippen LogP contribution is -1.98. The van der Waals surface area contributed by atoms with E-state index < -0.39 is 0 Å². The number of hydrogen-bond donors (Lipinski definition) is 0. The first-order chi connectivity index (χ1) is 6.20. The summed E-state index contributed by atoms with van der Waals surface area (Å²) in [6, 6.07) is 7.45. The first-order valence-corrected chi connectivity index (χ1v) is 4.30. The van der Waals surface area contributed by atoms with Gasteiger partial charge in [0.1, 0.15) is 6.61 Å². The quantitative estimate of drug-likeness (QED) is 0.697. The summed E-state index contributed by atoms with van der Waals surface area (Å²) in [6.45, 7) is 2.81. The van der Waals surface area contributed by atoms with E-state index in [2.05, 4.69) is 4.74 Å². The van der Waals surface area contributed by atoms with Crippen LogP contribution in [0, 0.1) is 6.61 Å². The first-order valence-electron chi connectivity index (χ1n) is 3.92. The van der Waals surface area contributed by atoms with Crippen LogP contribution in [0.5, 0.6) is 0 Å². The normalized spacial score (nSPS) is 9.69. The zero-order valence-electron chi connectivity index (χ0n) is 7.29. The largest absolute Gasteiger partial charge is 0.458 e. The third-order valence-electron chi connectivity index (χ3n) is 1.51. The first kappa shape index (κ1) is 10.1. The van der Waals surface area contributed by atoms with Crippen LogP contribution < -0.4 is 0 Å². The molecular weight excluding hydrogens is 188 g/mol. The Kier molecular flexibility index (Phi) is 3.77. The Morgan fingerprint density at radius 2 is 2.23 bits per heavy atom. The standard InChI is InChI=1S/C10H10ClO2/c1-8(12)13-7-6-9-4-2-3-5-10(9)11/h2-5,7H,6H2,1H3. The summed E-state index contributed by atoms with van der Waals surface area (Å²) in [4.78, 5) is 10.4. The third-order valence-corrected chi connectivity index (χ3v) is 1.88. The zero-order chi connectivity index (χ0) is 9.68. The van der Waals surface area contributed by atoms with Gasteiger partial charge in [0.05, 0.1) is 0 Å². The molecule has 0 spiro atoms. The fraction of sp³-hybridized carbons (Fsp3) is 0.200. The Morgan fingerprint density at radius 1 is 1.54 bits per heavy atom. The summed E-state index contributed by atoms with van der Waals surface area (Å²) in [5, 5.41) is 0.686. The van der Waals surface area contributed by atoms with E-state index >= 15 is 0 Å². The van der Waals surface area contributed by atoms with Crippen LogP contribution in [0.1, 0.15) is 12.5 Å². The lowest BCUT2D eigenvalue weighted by molar-refractivity contribution is -0.137. The molecule has 0 saturated carbocycles. The predicted octanol–water partition coefficient (Wildman–Crippen LogP) is 2.61. The minimum atomic E-state index is -0.313. The minimum Gasteiger partial charge on any atom is -0.458 e. The van der Waals surface area contributed by atoms with Crippen molar-refractivity contribution in [3.8, 4) is 0 Å². The van der Waals surface area contributed by atoms with Crippen molar-refractivity contribution in [2.75, 3.05) is 0 Å².